The Morgan fingerprint density at radius 3 is 2.91 bits per heavy atom. The zero-order valence-electron chi connectivity index (χ0n) is 13.0. The number of carbonyl (C=O) groups is 1. The third kappa shape index (κ3) is 4.51. The third-order valence-corrected chi connectivity index (χ3v) is 4.23. The molecular weight excluding hydrogens is 323 g/mol. The van der Waals surface area contributed by atoms with Gasteiger partial charge in [0.1, 0.15) is 5.75 Å². The van der Waals surface area contributed by atoms with Gasteiger partial charge in [-0.1, -0.05) is 17.7 Å². The van der Waals surface area contributed by atoms with E-state index in [0.29, 0.717) is 17.3 Å². The SMILES string of the molecule is Cc1ccc(Cl)c(OC(C)C(=O)N2CCCCC2CN)c1.Cl. The van der Waals surface area contributed by atoms with Gasteiger partial charge < -0.3 is 15.4 Å². The largest absolute Gasteiger partial charge is 0.479 e. The van der Waals surface area contributed by atoms with Gasteiger partial charge in [-0.15, -0.1) is 12.4 Å². The van der Waals surface area contributed by atoms with Crippen molar-refractivity contribution in [2.24, 2.45) is 5.73 Å². The lowest BCUT2D eigenvalue weighted by atomic mass is 10.0. The number of halogens is 2. The fraction of sp³-hybridized carbons (Fsp3) is 0.562. The van der Waals surface area contributed by atoms with Gasteiger partial charge in [-0.25, -0.2) is 0 Å². The Balaban J connectivity index is 0.00000242. The summed E-state index contributed by atoms with van der Waals surface area (Å²) in [7, 11) is 0. The average Bonchev–Trinajstić information content (AvgIpc) is 2.50. The molecular formula is C16H24Cl2N2O2. The van der Waals surface area contributed by atoms with Crippen LogP contribution in [0.1, 0.15) is 31.7 Å². The molecule has 2 rings (SSSR count). The summed E-state index contributed by atoms with van der Waals surface area (Å²) in [5, 5.41) is 0.522. The molecule has 1 heterocycles. The van der Waals surface area contributed by atoms with E-state index in [0.717, 1.165) is 31.4 Å². The minimum atomic E-state index is -0.559. The molecule has 2 unspecified atom stereocenters. The van der Waals surface area contributed by atoms with E-state index in [-0.39, 0.29) is 24.4 Å². The number of aryl methyl sites for hydroxylation is 1. The van der Waals surface area contributed by atoms with Crippen molar-refractivity contribution in [1.29, 1.82) is 0 Å². The van der Waals surface area contributed by atoms with Gasteiger partial charge in [0, 0.05) is 19.1 Å². The highest BCUT2D eigenvalue weighted by Gasteiger charge is 2.30. The van der Waals surface area contributed by atoms with Crippen molar-refractivity contribution < 1.29 is 9.53 Å². The zero-order chi connectivity index (χ0) is 15.4. The fourth-order valence-electron chi connectivity index (χ4n) is 2.71. The van der Waals surface area contributed by atoms with Crippen LogP contribution in [-0.2, 0) is 4.79 Å². The van der Waals surface area contributed by atoms with E-state index in [2.05, 4.69) is 0 Å². The van der Waals surface area contributed by atoms with Gasteiger partial charge in [-0.05, 0) is 50.8 Å². The number of hydrogen-bond donors (Lipinski definition) is 1. The minimum absolute atomic E-state index is 0. The Hall–Kier alpha value is -0.970. The second-order valence-electron chi connectivity index (χ2n) is 5.61. The summed E-state index contributed by atoms with van der Waals surface area (Å²) in [6.07, 6.45) is 2.57. The van der Waals surface area contributed by atoms with E-state index < -0.39 is 6.10 Å². The fourth-order valence-corrected chi connectivity index (χ4v) is 2.87. The Bertz CT molecular complexity index is 511. The number of amides is 1. The summed E-state index contributed by atoms with van der Waals surface area (Å²) < 4.78 is 5.77. The maximum atomic E-state index is 12.6. The molecule has 124 valence electrons. The van der Waals surface area contributed by atoms with Crippen LogP contribution in [0.2, 0.25) is 5.02 Å². The van der Waals surface area contributed by atoms with Crippen molar-refractivity contribution in [3.8, 4) is 5.75 Å². The Labute approximate surface area is 143 Å². The number of ether oxygens (including phenoxy) is 1. The second kappa shape index (κ2) is 8.61. The lowest BCUT2D eigenvalue weighted by Crippen LogP contribution is -2.51. The zero-order valence-corrected chi connectivity index (χ0v) is 14.6. The summed E-state index contributed by atoms with van der Waals surface area (Å²) in [4.78, 5) is 14.4. The van der Waals surface area contributed by atoms with Crippen LogP contribution in [0.3, 0.4) is 0 Å². The lowest BCUT2D eigenvalue weighted by Gasteiger charge is -2.36. The number of carbonyl (C=O) groups excluding carboxylic acids is 1. The number of likely N-dealkylation sites (tertiary alicyclic amines) is 1. The van der Waals surface area contributed by atoms with Crippen molar-refractivity contribution in [2.45, 2.75) is 45.3 Å². The molecule has 0 spiro atoms. The molecule has 1 amide bonds. The van der Waals surface area contributed by atoms with E-state index >= 15 is 0 Å². The number of nitrogens with zero attached hydrogens (tertiary/aromatic N) is 1. The first-order valence-electron chi connectivity index (χ1n) is 7.46. The van der Waals surface area contributed by atoms with E-state index in [4.69, 9.17) is 22.1 Å². The monoisotopic (exact) mass is 346 g/mol. The standard InChI is InChI=1S/C16H23ClN2O2.ClH/c1-11-6-7-14(17)15(9-11)21-12(2)16(20)19-8-4-3-5-13(19)10-18;/h6-7,9,12-13H,3-5,8,10,18H2,1-2H3;1H. The Morgan fingerprint density at radius 1 is 1.50 bits per heavy atom. The lowest BCUT2D eigenvalue weighted by molar-refractivity contribution is -0.141. The van der Waals surface area contributed by atoms with Crippen LogP contribution in [-0.4, -0.2) is 36.0 Å². The Morgan fingerprint density at radius 2 is 2.23 bits per heavy atom. The molecule has 0 radical (unpaired) electrons. The predicted octanol–water partition coefficient (Wildman–Crippen LogP) is 3.18. The van der Waals surface area contributed by atoms with Crippen LogP contribution in [0, 0.1) is 6.92 Å². The molecule has 0 saturated carbocycles. The van der Waals surface area contributed by atoms with Crippen molar-refractivity contribution in [1.82, 2.24) is 4.90 Å². The smallest absolute Gasteiger partial charge is 0.263 e. The maximum absolute atomic E-state index is 12.6. The molecule has 1 aliphatic rings. The second-order valence-corrected chi connectivity index (χ2v) is 6.02. The van der Waals surface area contributed by atoms with E-state index in [9.17, 15) is 4.79 Å². The van der Waals surface area contributed by atoms with Crippen LogP contribution in [0.4, 0.5) is 0 Å². The third-order valence-electron chi connectivity index (χ3n) is 3.92. The molecule has 1 saturated heterocycles. The van der Waals surface area contributed by atoms with Gasteiger partial charge in [0.15, 0.2) is 6.10 Å². The normalized spacial score (nSPS) is 19.3. The number of piperidine rings is 1. The van der Waals surface area contributed by atoms with E-state index in [1.807, 2.05) is 24.0 Å². The molecule has 2 N–H and O–H groups in total. The summed E-state index contributed by atoms with van der Waals surface area (Å²) in [6.45, 7) is 4.99. The first kappa shape index (κ1) is 19.1. The van der Waals surface area contributed by atoms with Crippen LogP contribution in [0.5, 0.6) is 5.75 Å². The first-order valence-corrected chi connectivity index (χ1v) is 7.84. The number of nitrogens with two attached hydrogens (primary N) is 1. The quantitative estimate of drug-likeness (QED) is 0.910. The molecule has 0 aliphatic carbocycles. The number of benzene rings is 1. The molecule has 4 nitrogen and oxygen atoms in total. The summed E-state index contributed by atoms with van der Waals surface area (Å²) >= 11 is 6.12. The maximum Gasteiger partial charge on any atom is 0.263 e. The molecule has 22 heavy (non-hydrogen) atoms. The molecule has 2 atom stereocenters. The van der Waals surface area contributed by atoms with Crippen molar-refractivity contribution in [3.05, 3.63) is 28.8 Å². The highest BCUT2D eigenvalue weighted by atomic mass is 35.5. The highest BCUT2D eigenvalue weighted by molar-refractivity contribution is 6.32. The van der Waals surface area contributed by atoms with Crippen LogP contribution in [0.25, 0.3) is 0 Å². The van der Waals surface area contributed by atoms with Crippen molar-refractivity contribution in [3.63, 3.8) is 0 Å². The number of rotatable bonds is 4. The van der Waals surface area contributed by atoms with Gasteiger partial charge in [0.05, 0.1) is 5.02 Å². The topological polar surface area (TPSA) is 55.6 Å². The molecule has 1 aromatic rings. The summed E-state index contributed by atoms with van der Waals surface area (Å²) in [6, 6.07) is 5.68. The van der Waals surface area contributed by atoms with E-state index in [1.54, 1.807) is 13.0 Å². The van der Waals surface area contributed by atoms with E-state index in [1.165, 1.54) is 0 Å². The minimum Gasteiger partial charge on any atom is -0.479 e. The van der Waals surface area contributed by atoms with Crippen molar-refractivity contribution >= 4 is 29.9 Å². The summed E-state index contributed by atoms with van der Waals surface area (Å²) in [5.41, 5.74) is 6.82. The van der Waals surface area contributed by atoms with Crippen LogP contribution >= 0.6 is 24.0 Å². The predicted molar refractivity (Wildman–Crippen MR) is 91.9 cm³/mol. The first-order chi connectivity index (χ1) is 10.0. The van der Waals surface area contributed by atoms with Gasteiger partial charge >= 0.3 is 0 Å². The van der Waals surface area contributed by atoms with Crippen LogP contribution < -0.4 is 10.5 Å². The van der Waals surface area contributed by atoms with Gasteiger partial charge in [-0.2, -0.15) is 0 Å². The van der Waals surface area contributed by atoms with Gasteiger partial charge in [0.25, 0.3) is 5.91 Å². The molecule has 1 aromatic carbocycles. The Kier molecular flexibility index (Phi) is 7.46. The van der Waals surface area contributed by atoms with Gasteiger partial charge in [-0.3, -0.25) is 4.79 Å². The molecule has 1 aliphatic heterocycles. The summed E-state index contributed by atoms with van der Waals surface area (Å²) in [5.74, 6) is 0.543. The molecule has 1 fully saturated rings. The van der Waals surface area contributed by atoms with Crippen molar-refractivity contribution in [2.75, 3.05) is 13.1 Å². The van der Waals surface area contributed by atoms with Gasteiger partial charge in [0.2, 0.25) is 0 Å². The molecule has 0 aromatic heterocycles. The molecule has 6 heteroatoms. The average molecular weight is 347 g/mol. The molecule has 0 bridgehead atoms. The van der Waals surface area contributed by atoms with Crippen LogP contribution in [0.15, 0.2) is 18.2 Å². The number of hydrogen-bond acceptors (Lipinski definition) is 3. The highest BCUT2D eigenvalue weighted by Crippen LogP contribution is 2.27.